The molecule has 3 aliphatic carbocycles. The molecule has 38 nitrogen and oxygen atoms in total. The number of nitrogens with one attached hydrogen (secondary N) is 1. The molecule has 0 spiro atoms. The van der Waals surface area contributed by atoms with Crippen molar-refractivity contribution in [2.24, 2.45) is 43.7 Å². The minimum atomic E-state index is -1.12. The third-order valence-electron chi connectivity index (χ3n) is 26.7. The molecule has 145 heavy (non-hydrogen) atoms. The minimum absolute atomic E-state index is 0.122. The maximum Gasteiger partial charge on any atom is 0.202 e. The number of aryl methyl sites for hydroxylation is 3. The Labute approximate surface area is 827 Å². The van der Waals surface area contributed by atoms with Gasteiger partial charge in [-0.25, -0.2) is 37.5 Å². The van der Waals surface area contributed by atoms with Crippen LogP contribution < -0.4 is 47.2 Å². The van der Waals surface area contributed by atoms with Crippen LogP contribution in [0.25, 0.3) is 113 Å². The molecule has 21 rings (SSSR count). The summed E-state index contributed by atoms with van der Waals surface area (Å²) in [6.07, 6.45) is 42.3. The second-order valence-electron chi connectivity index (χ2n) is 37.0. The number of halogens is 8. The number of tetrazole rings is 4. The summed E-state index contributed by atoms with van der Waals surface area (Å²) >= 11 is 0. The van der Waals surface area contributed by atoms with Gasteiger partial charge in [-0.2, -0.15) is 56.7 Å². The van der Waals surface area contributed by atoms with Crippen molar-refractivity contribution in [1.82, 2.24) is 145 Å². The van der Waals surface area contributed by atoms with Gasteiger partial charge < -0.3 is 51.9 Å². The SMILES string of the molecule is CC(C)CCn1cc(-c2cnc(N)c(-c3nnnn3-c3ccc(OCCC4CCCC4)c(F)c3F)c2)cn1.Cn1cc(-c2cnc(N)c(-c3nnnn3-c3ccc(OCCC4CCCC4)c(F)c3F)c2)cn1.Cn1cc(-c2cnc(N)c(-c3nnnn3-c3ccc(OCCC4CCNC4)c(F)c3F)c2)cn1.Nc1ncc(-c2cnn(C3CCOCC3)c2)cc1-c1nnnn1-c1ccc(OCCC2CCCC2)c(F)c1F. The molecular formula is C99H109F8N33O5. The number of hydrogen-bond donors (Lipinski definition) is 5. The van der Waals surface area contributed by atoms with Gasteiger partial charge >= 0.3 is 0 Å². The fourth-order valence-corrected chi connectivity index (χ4v) is 18.5. The van der Waals surface area contributed by atoms with Crippen molar-refractivity contribution in [1.29, 1.82) is 0 Å². The van der Waals surface area contributed by atoms with Gasteiger partial charge in [0.05, 0.1) is 79.5 Å². The van der Waals surface area contributed by atoms with E-state index in [1.807, 2.05) is 34.2 Å². The van der Waals surface area contributed by atoms with Gasteiger partial charge in [0.2, 0.25) is 23.3 Å². The van der Waals surface area contributed by atoms with Crippen LogP contribution in [-0.4, -0.2) is 193 Å². The predicted octanol–water partition coefficient (Wildman–Crippen LogP) is 16.5. The van der Waals surface area contributed by atoms with Gasteiger partial charge in [-0.15, -0.1) is 20.4 Å². The highest BCUT2D eigenvalue weighted by Crippen LogP contribution is 2.41. The molecule has 2 saturated heterocycles. The van der Waals surface area contributed by atoms with Crippen molar-refractivity contribution in [2.45, 2.75) is 155 Å². The van der Waals surface area contributed by atoms with Gasteiger partial charge in [0.25, 0.3) is 0 Å². The van der Waals surface area contributed by atoms with Crippen LogP contribution in [0.4, 0.5) is 58.4 Å². The Balaban J connectivity index is 0.000000127. The Morgan fingerprint density at radius 3 is 1.00 bits per heavy atom. The normalized spacial score (nSPS) is 15.1. The summed E-state index contributed by atoms with van der Waals surface area (Å²) in [5, 5.41) is 66.8. The number of anilines is 4. The standard InChI is InChI=1S/C27H30F2N8O2.C27H32F2N8O.C23H24F2N8O.C22H23F2N9O/c28-24-22(5-6-23(25(24)29)39-12-7-17-3-1-2-4-17)37-27(33-34-35-37)21-13-18(14-31-26(21)30)19-15-32-36(16-19)20-8-10-38-11-9-20;1-17(2)9-11-36-16-20(15-32-36)19-13-21(26(30)31-14-19)27-33-34-35-37(27)22-7-8-23(25(29)24(22)28)38-12-10-18-5-3-4-6-18;1-32-13-16(12-28-32)15-10-17(22(26)27-11-15)23-29-30-31-33(23)18-6-7-19(21(25)20(18)24)34-9-8-14-4-2-3-5-14;1-32-12-15(11-28-32)14-8-16(21(25)27-10-14)22-29-30-31-33(22)17-2-3-18(20(24)19(17)23)34-7-5-13-4-6-26-9-13/h5-6,13-17,20H,1-4,7-12H2,(H2,30,31);7-8,13-18H,3-6,9-12H2,1-2H3,(H2,30,31);6-7,10-14H,2-5,8-9H2,1H3,(H2,26,27);2-3,8,10-13,26H,4-7,9H2,1H3,(H2,25,27). The van der Waals surface area contributed by atoms with Gasteiger partial charge in [-0.05, 0) is 209 Å². The first-order chi connectivity index (χ1) is 70.5. The van der Waals surface area contributed by atoms with E-state index in [9.17, 15) is 17.6 Å². The van der Waals surface area contributed by atoms with Crippen LogP contribution in [0.15, 0.2) is 147 Å². The summed E-state index contributed by atoms with van der Waals surface area (Å²) in [5.74, 6) is -5.38. The number of nitrogen functional groups attached to an aromatic ring is 4. The predicted molar refractivity (Wildman–Crippen MR) is 520 cm³/mol. The zero-order valence-electron chi connectivity index (χ0n) is 80.2. The number of hydrogen-bond acceptors (Lipinski definition) is 30. The largest absolute Gasteiger partial charge is 0.490 e. The monoisotopic (exact) mass is 1990 g/mol. The van der Waals surface area contributed by atoms with Crippen molar-refractivity contribution >= 4 is 23.3 Å². The highest BCUT2D eigenvalue weighted by atomic mass is 19.2. The maximum atomic E-state index is 15.2. The molecule has 0 bridgehead atoms. The zero-order valence-corrected chi connectivity index (χ0v) is 80.2. The first-order valence-corrected chi connectivity index (χ1v) is 48.5. The molecule has 9 N–H and O–H groups in total. The minimum Gasteiger partial charge on any atom is -0.490 e. The fourth-order valence-electron chi connectivity index (χ4n) is 18.5. The zero-order chi connectivity index (χ0) is 101. The lowest BCUT2D eigenvalue weighted by Gasteiger charge is -2.22. The lowest BCUT2D eigenvalue weighted by molar-refractivity contribution is 0.0662. The number of nitrogens with zero attached hydrogens (tertiary/aromatic N) is 28. The average Bonchev–Trinajstić information content (AvgIpc) is 1.61. The molecule has 46 heteroatoms. The Hall–Kier alpha value is -15.6. The maximum absolute atomic E-state index is 15.2. The number of nitrogens with two attached hydrogens (primary N) is 4. The van der Waals surface area contributed by atoms with E-state index in [0.29, 0.717) is 91.5 Å². The molecule has 1 atom stereocenters. The van der Waals surface area contributed by atoms with Crippen LogP contribution in [0.5, 0.6) is 23.0 Å². The van der Waals surface area contributed by atoms with Crippen LogP contribution in [0.3, 0.4) is 0 Å². The van der Waals surface area contributed by atoms with E-state index < -0.39 is 46.5 Å². The van der Waals surface area contributed by atoms with Crippen LogP contribution >= 0.6 is 0 Å². The summed E-state index contributed by atoms with van der Waals surface area (Å²) in [7, 11) is 3.60. The van der Waals surface area contributed by atoms with E-state index >= 15 is 17.6 Å². The summed E-state index contributed by atoms with van der Waals surface area (Å²) in [6, 6.07) is 18.4. The van der Waals surface area contributed by atoms with E-state index in [-0.39, 0.29) is 98.4 Å². The molecule has 756 valence electrons. The second kappa shape index (κ2) is 45.7. The van der Waals surface area contributed by atoms with E-state index in [0.717, 1.165) is 134 Å². The smallest absolute Gasteiger partial charge is 0.202 e. The van der Waals surface area contributed by atoms with Crippen molar-refractivity contribution in [3.05, 3.63) is 194 Å². The number of ether oxygens (including phenoxy) is 5. The van der Waals surface area contributed by atoms with Gasteiger partial charge in [-0.1, -0.05) is 90.9 Å². The summed E-state index contributed by atoms with van der Waals surface area (Å²) in [5.41, 5.74) is 31.6. The Kier molecular flexibility index (Phi) is 31.4. The molecule has 1 unspecified atom stereocenters. The molecule has 5 fully saturated rings. The lowest BCUT2D eigenvalue weighted by Crippen LogP contribution is -2.19. The summed E-state index contributed by atoms with van der Waals surface area (Å²) in [6.45, 7) is 9.78. The van der Waals surface area contributed by atoms with Gasteiger partial charge in [0, 0.05) is 128 Å². The first-order valence-electron chi connectivity index (χ1n) is 48.5. The van der Waals surface area contributed by atoms with Crippen molar-refractivity contribution in [3.63, 3.8) is 0 Å². The van der Waals surface area contributed by atoms with E-state index in [4.69, 9.17) is 46.6 Å². The molecule has 2 aliphatic heterocycles. The number of benzene rings is 4. The fraction of sp³-hybridized carbons (Fsp3) is 0.394. The molecule has 3 saturated carbocycles. The number of pyridine rings is 4. The second-order valence-corrected chi connectivity index (χ2v) is 37.0. The Bertz CT molecular complexity index is 6930. The van der Waals surface area contributed by atoms with Crippen LogP contribution in [0.2, 0.25) is 0 Å². The van der Waals surface area contributed by atoms with Crippen molar-refractivity contribution < 1.29 is 58.8 Å². The highest BCUT2D eigenvalue weighted by molar-refractivity contribution is 5.80. The van der Waals surface area contributed by atoms with Crippen LogP contribution in [0.1, 0.15) is 148 Å². The molecule has 12 aromatic heterocycles. The summed E-state index contributed by atoms with van der Waals surface area (Å²) < 4.78 is 159. The third-order valence-corrected chi connectivity index (χ3v) is 26.7. The topological polar surface area (TPSA) is 459 Å². The van der Waals surface area contributed by atoms with E-state index in [1.165, 1.54) is 126 Å². The van der Waals surface area contributed by atoms with Crippen LogP contribution in [0, 0.1) is 76.1 Å². The molecular weight excluding hydrogens is 1880 g/mol. The molecule has 4 aromatic carbocycles. The van der Waals surface area contributed by atoms with E-state index in [2.05, 4.69) is 122 Å². The van der Waals surface area contributed by atoms with Gasteiger partial charge in [-0.3, -0.25) is 18.7 Å². The Morgan fingerprint density at radius 1 is 0.366 bits per heavy atom. The van der Waals surface area contributed by atoms with Gasteiger partial charge in [0.1, 0.15) is 46.0 Å². The molecule has 16 aromatic rings. The quantitative estimate of drug-likeness (QED) is 0.0244. The molecule has 0 radical (unpaired) electrons. The van der Waals surface area contributed by atoms with E-state index in [1.54, 1.807) is 97.3 Å². The lowest BCUT2D eigenvalue weighted by atomic mass is 10.1. The summed E-state index contributed by atoms with van der Waals surface area (Å²) in [4.78, 5) is 17.0. The first kappa shape index (κ1) is 99.5. The average molecular weight is 1990 g/mol. The van der Waals surface area contributed by atoms with Crippen LogP contribution in [-0.2, 0) is 25.4 Å². The number of aromatic nitrogens is 28. The van der Waals surface area contributed by atoms with Crippen molar-refractivity contribution in [3.8, 4) is 136 Å². The molecule has 14 heterocycles. The Morgan fingerprint density at radius 2 is 0.683 bits per heavy atom. The highest BCUT2D eigenvalue weighted by Gasteiger charge is 2.31. The molecule has 5 aliphatic rings. The van der Waals surface area contributed by atoms with Gasteiger partial charge in [0.15, 0.2) is 69.6 Å². The van der Waals surface area contributed by atoms with Crippen molar-refractivity contribution in [2.75, 3.05) is 75.7 Å². The molecule has 0 amide bonds. The third kappa shape index (κ3) is 23.2. The number of rotatable bonds is 32.